The maximum atomic E-state index is 5.87. The summed E-state index contributed by atoms with van der Waals surface area (Å²) in [6.07, 6.45) is 2.54. The highest BCUT2D eigenvalue weighted by molar-refractivity contribution is 5.93. The van der Waals surface area contributed by atoms with Crippen molar-refractivity contribution in [3.05, 3.63) is 54.1 Å². The summed E-state index contributed by atoms with van der Waals surface area (Å²) in [6, 6.07) is 11.7. The Morgan fingerprint density at radius 1 is 1.25 bits per heavy atom. The molecule has 3 aromatic rings. The summed E-state index contributed by atoms with van der Waals surface area (Å²) < 4.78 is 5.33. The maximum Gasteiger partial charge on any atom is 0.105 e. The number of fused-ring (bicyclic) bond motifs is 1. The molecule has 3 rings (SSSR count). The third-order valence-electron chi connectivity index (χ3n) is 3.23. The Hall–Kier alpha value is -2.49. The molecule has 4 heteroatoms. The van der Waals surface area contributed by atoms with Crippen LogP contribution in [0.15, 0.2) is 47.1 Å². The summed E-state index contributed by atoms with van der Waals surface area (Å²) in [5.74, 6) is 0.979. The molecule has 0 spiro atoms. The monoisotopic (exact) mass is 267 g/mol. The van der Waals surface area contributed by atoms with Crippen LogP contribution in [0, 0.1) is 6.92 Å². The normalized spacial score (nSPS) is 10.8. The molecule has 0 saturated carbocycles. The fourth-order valence-electron chi connectivity index (χ4n) is 2.30. The molecule has 102 valence electrons. The number of furan rings is 1. The number of pyridine rings is 1. The summed E-state index contributed by atoms with van der Waals surface area (Å²) in [4.78, 5) is 4.52. The van der Waals surface area contributed by atoms with E-state index in [9.17, 15) is 0 Å². The molecular weight excluding hydrogens is 250 g/mol. The number of anilines is 2. The van der Waals surface area contributed by atoms with Gasteiger partial charge in [-0.2, -0.15) is 0 Å². The number of hydrogen-bond donors (Lipinski definition) is 2. The summed E-state index contributed by atoms with van der Waals surface area (Å²) >= 11 is 0. The fraction of sp³-hybridized carbons (Fsp3) is 0.188. The molecule has 0 aliphatic rings. The van der Waals surface area contributed by atoms with Crippen molar-refractivity contribution in [2.75, 3.05) is 17.6 Å². The lowest BCUT2D eigenvalue weighted by Crippen LogP contribution is -2.05. The molecule has 20 heavy (non-hydrogen) atoms. The average Bonchev–Trinajstić information content (AvgIpc) is 2.92. The van der Waals surface area contributed by atoms with Crippen molar-refractivity contribution < 1.29 is 4.42 Å². The van der Waals surface area contributed by atoms with Gasteiger partial charge in [0.25, 0.3) is 0 Å². The van der Waals surface area contributed by atoms with Crippen LogP contribution in [-0.2, 0) is 6.42 Å². The van der Waals surface area contributed by atoms with E-state index in [0.717, 1.165) is 46.7 Å². The fourth-order valence-corrected chi connectivity index (χ4v) is 2.30. The van der Waals surface area contributed by atoms with Gasteiger partial charge in [-0.1, -0.05) is 0 Å². The van der Waals surface area contributed by atoms with Gasteiger partial charge in [-0.15, -0.1) is 0 Å². The lowest BCUT2D eigenvalue weighted by molar-refractivity contribution is 0.513. The van der Waals surface area contributed by atoms with E-state index in [1.165, 1.54) is 0 Å². The lowest BCUT2D eigenvalue weighted by Gasteiger charge is -2.10. The van der Waals surface area contributed by atoms with Crippen LogP contribution in [0.3, 0.4) is 0 Å². The van der Waals surface area contributed by atoms with Crippen LogP contribution in [0.1, 0.15) is 11.5 Å². The Morgan fingerprint density at radius 3 is 2.95 bits per heavy atom. The number of nitrogen functional groups attached to an aromatic ring is 1. The molecule has 0 fully saturated rings. The van der Waals surface area contributed by atoms with Crippen LogP contribution in [0.5, 0.6) is 0 Å². The highest BCUT2D eigenvalue weighted by atomic mass is 16.3. The van der Waals surface area contributed by atoms with Gasteiger partial charge in [0, 0.05) is 35.4 Å². The van der Waals surface area contributed by atoms with Crippen molar-refractivity contribution in [2.45, 2.75) is 13.3 Å². The molecule has 4 nitrogen and oxygen atoms in total. The Balaban J connectivity index is 1.84. The molecule has 2 aromatic heterocycles. The largest absolute Gasteiger partial charge is 0.469 e. The topological polar surface area (TPSA) is 64.1 Å². The van der Waals surface area contributed by atoms with E-state index in [1.807, 2.05) is 43.3 Å². The molecular formula is C16H17N3O. The van der Waals surface area contributed by atoms with Crippen molar-refractivity contribution in [1.29, 1.82) is 0 Å². The van der Waals surface area contributed by atoms with E-state index < -0.39 is 0 Å². The number of hydrogen-bond acceptors (Lipinski definition) is 4. The third-order valence-corrected chi connectivity index (χ3v) is 3.23. The summed E-state index contributed by atoms with van der Waals surface area (Å²) in [7, 11) is 0. The standard InChI is InChI=1S/C16H17N3O/c1-11-9-16(18-7-6-13-3-2-8-20-13)14-10-12(17)4-5-15(14)19-11/h2-5,8-10H,6-7,17H2,1H3,(H,18,19). The predicted octanol–water partition coefficient (Wildman–Crippen LogP) is 3.37. The van der Waals surface area contributed by atoms with Crippen molar-refractivity contribution in [2.24, 2.45) is 0 Å². The molecule has 2 heterocycles. The van der Waals surface area contributed by atoms with Gasteiger partial charge in [-0.05, 0) is 43.3 Å². The minimum absolute atomic E-state index is 0.747. The summed E-state index contributed by atoms with van der Waals surface area (Å²) in [5, 5.41) is 4.49. The zero-order valence-corrected chi connectivity index (χ0v) is 11.4. The van der Waals surface area contributed by atoms with Crippen LogP contribution >= 0.6 is 0 Å². The number of nitrogens with one attached hydrogen (secondary N) is 1. The van der Waals surface area contributed by atoms with Gasteiger partial charge >= 0.3 is 0 Å². The van der Waals surface area contributed by atoms with E-state index in [2.05, 4.69) is 10.3 Å². The molecule has 0 atom stereocenters. The van der Waals surface area contributed by atoms with Gasteiger partial charge in [0.2, 0.25) is 0 Å². The molecule has 0 amide bonds. The number of benzene rings is 1. The van der Waals surface area contributed by atoms with Gasteiger partial charge in [-0.25, -0.2) is 0 Å². The van der Waals surface area contributed by atoms with Crippen molar-refractivity contribution in [3.63, 3.8) is 0 Å². The number of rotatable bonds is 4. The van der Waals surface area contributed by atoms with Crippen LogP contribution < -0.4 is 11.1 Å². The third kappa shape index (κ3) is 2.59. The van der Waals surface area contributed by atoms with Crippen molar-refractivity contribution in [3.8, 4) is 0 Å². The average molecular weight is 267 g/mol. The van der Waals surface area contributed by atoms with Crippen LogP contribution in [0.2, 0.25) is 0 Å². The lowest BCUT2D eigenvalue weighted by atomic mass is 10.1. The van der Waals surface area contributed by atoms with Crippen molar-refractivity contribution >= 4 is 22.3 Å². The molecule has 0 saturated heterocycles. The number of nitrogens with two attached hydrogens (primary N) is 1. The molecule has 0 bridgehead atoms. The van der Waals surface area contributed by atoms with E-state index in [1.54, 1.807) is 6.26 Å². The Kier molecular flexibility index (Phi) is 3.29. The molecule has 0 radical (unpaired) electrons. The maximum absolute atomic E-state index is 5.87. The Labute approximate surface area is 117 Å². The van der Waals surface area contributed by atoms with Crippen LogP contribution in [0.25, 0.3) is 10.9 Å². The van der Waals surface area contributed by atoms with Gasteiger partial charge in [-0.3, -0.25) is 4.98 Å². The molecule has 0 unspecified atom stereocenters. The number of nitrogens with zero attached hydrogens (tertiary/aromatic N) is 1. The second-order valence-electron chi connectivity index (χ2n) is 4.84. The zero-order chi connectivity index (χ0) is 13.9. The van der Waals surface area contributed by atoms with Crippen LogP contribution in [-0.4, -0.2) is 11.5 Å². The molecule has 0 aliphatic heterocycles. The van der Waals surface area contributed by atoms with Gasteiger partial charge in [0.1, 0.15) is 5.76 Å². The first-order chi connectivity index (χ1) is 9.72. The first kappa shape index (κ1) is 12.5. The SMILES string of the molecule is Cc1cc(NCCc2ccco2)c2cc(N)ccc2n1. The Morgan fingerprint density at radius 2 is 2.15 bits per heavy atom. The molecule has 0 aliphatic carbocycles. The highest BCUT2D eigenvalue weighted by Gasteiger charge is 2.05. The van der Waals surface area contributed by atoms with Crippen LogP contribution in [0.4, 0.5) is 11.4 Å². The quantitative estimate of drug-likeness (QED) is 0.711. The predicted molar refractivity (Wildman–Crippen MR) is 81.8 cm³/mol. The smallest absolute Gasteiger partial charge is 0.105 e. The highest BCUT2D eigenvalue weighted by Crippen LogP contribution is 2.25. The first-order valence-corrected chi connectivity index (χ1v) is 6.65. The van der Waals surface area contributed by atoms with Gasteiger partial charge < -0.3 is 15.5 Å². The molecule has 1 aromatic carbocycles. The number of aryl methyl sites for hydroxylation is 1. The summed E-state index contributed by atoms with van der Waals surface area (Å²) in [6.45, 7) is 2.80. The van der Waals surface area contributed by atoms with E-state index in [4.69, 9.17) is 10.2 Å². The number of aromatic nitrogens is 1. The van der Waals surface area contributed by atoms with Gasteiger partial charge in [0.05, 0.1) is 11.8 Å². The first-order valence-electron chi connectivity index (χ1n) is 6.65. The van der Waals surface area contributed by atoms with E-state index >= 15 is 0 Å². The van der Waals surface area contributed by atoms with Crippen molar-refractivity contribution in [1.82, 2.24) is 4.98 Å². The summed E-state index contributed by atoms with van der Waals surface area (Å²) in [5.41, 5.74) is 9.62. The van der Waals surface area contributed by atoms with E-state index in [0.29, 0.717) is 0 Å². The second kappa shape index (κ2) is 5.25. The second-order valence-corrected chi connectivity index (χ2v) is 4.84. The Bertz CT molecular complexity index is 720. The van der Waals surface area contributed by atoms with E-state index in [-0.39, 0.29) is 0 Å². The zero-order valence-electron chi connectivity index (χ0n) is 11.4. The minimum Gasteiger partial charge on any atom is -0.469 e. The van der Waals surface area contributed by atoms with Gasteiger partial charge in [0.15, 0.2) is 0 Å². The molecule has 3 N–H and O–H groups in total. The minimum atomic E-state index is 0.747.